The van der Waals surface area contributed by atoms with E-state index >= 15 is 0 Å². The molecule has 0 atom stereocenters. The first kappa shape index (κ1) is 13.0. The molecule has 0 saturated heterocycles. The van der Waals surface area contributed by atoms with Crippen LogP contribution in [0, 0.1) is 12.3 Å². The summed E-state index contributed by atoms with van der Waals surface area (Å²) in [6.07, 6.45) is 6.48. The zero-order valence-electron chi connectivity index (χ0n) is 11.3. The third-order valence-electron chi connectivity index (χ3n) is 3.78. The van der Waals surface area contributed by atoms with Gasteiger partial charge in [-0.3, -0.25) is 0 Å². The van der Waals surface area contributed by atoms with E-state index in [1.54, 1.807) is 11.3 Å². The minimum Gasteiger partial charge on any atom is -0.314 e. The number of hydrogen-bond acceptors (Lipinski definition) is 3. The first-order valence-corrected chi connectivity index (χ1v) is 7.57. The molecule has 0 bridgehead atoms. The van der Waals surface area contributed by atoms with Gasteiger partial charge in [0.25, 0.3) is 0 Å². The van der Waals surface area contributed by atoms with Gasteiger partial charge in [0, 0.05) is 30.1 Å². The average molecular weight is 252 g/mol. The lowest BCUT2D eigenvalue weighted by Crippen LogP contribution is -2.36. The molecule has 1 aromatic heterocycles. The van der Waals surface area contributed by atoms with Gasteiger partial charge in [0.1, 0.15) is 0 Å². The van der Waals surface area contributed by atoms with Crippen molar-refractivity contribution >= 4 is 11.3 Å². The summed E-state index contributed by atoms with van der Waals surface area (Å²) in [7, 11) is 0. The van der Waals surface area contributed by atoms with Crippen LogP contribution in [0.15, 0.2) is 5.38 Å². The maximum absolute atomic E-state index is 4.49. The van der Waals surface area contributed by atoms with E-state index in [0.29, 0.717) is 5.41 Å². The molecule has 1 aromatic rings. The Labute approximate surface area is 109 Å². The Balaban J connectivity index is 1.66. The largest absolute Gasteiger partial charge is 0.314 e. The molecule has 2 rings (SSSR count). The molecule has 0 aromatic carbocycles. The number of thiazole rings is 1. The summed E-state index contributed by atoms with van der Waals surface area (Å²) in [6.45, 7) is 7.93. The first-order chi connectivity index (χ1) is 8.05. The van der Waals surface area contributed by atoms with Crippen molar-refractivity contribution in [3.8, 4) is 0 Å². The lowest BCUT2D eigenvalue weighted by molar-refractivity contribution is 0.207. The van der Waals surface area contributed by atoms with Crippen LogP contribution in [0.3, 0.4) is 0 Å². The number of aryl methyl sites for hydroxylation is 1. The third kappa shape index (κ3) is 4.07. The maximum atomic E-state index is 4.49. The van der Waals surface area contributed by atoms with Gasteiger partial charge in [0.2, 0.25) is 0 Å². The molecular formula is C14H24N2S. The summed E-state index contributed by atoms with van der Waals surface area (Å²) in [5.41, 5.74) is 1.73. The minimum absolute atomic E-state index is 0.574. The van der Waals surface area contributed by atoms with Crippen molar-refractivity contribution in [2.75, 3.05) is 6.54 Å². The summed E-state index contributed by atoms with van der Waals surface area (Å²) >= 11 is 1.78. The topological polar surface area (TPSA) is 24.9 Å². The van der Waals surface area contributed by atoms with Crippen molar-refractivity contribution in [2.45, 2.75) is 58.9 Å². The van der Waals surface area contributed by atoms with Crippen LogP contribution in [0.25, 0.3) is 0 Å². The molecule has 1 saturated carbocycles. The number of aromatic nitrogens is 1. The second kappa shape index (κ2) is 5.49. The van der Waals surface area contributed by atoms with Gasteiger partial charge in [-0.05, 0) is 38.0 Å². The SMILES string of the molecule is Cc1csc(CCNC2CCC(C)(C)CC2)n1. The molecule has 1 aliphatic rings. The molecule has 0 aliphatic heterocycles. The summed E-state index contributed by atoms with van der Waals surface area (Å²) in [5, 5.41) is 7.09. The van der Waals surface area contributed by atoms with Crippen LogP contribution in [0.2, 0.25) is 0 Å². The highest BCUT2D eigenvalue weighted by Gasteiger charge is 2.26. The third-order valence-corrected chi connectivity index (χ3v) is 4.80. The molecule has 0 unspecified atom stereocenters. The van der Waals surface area contributed by atoms with E-state index in [-0.39, 0.29) is 0 Å². The van der Waals surface area contributed by atoms with E-state index in [2.05, 4.69) is 36.5 Å². The molecule has 3 heteroatoms. The molecule has 17 heavy (non-hydrogen) atoms. The van der Waals surface area contributed by atoms with Crippen LogP contribution in [0.5, 0.6) is 0 Å². The van der Waals surface area contributed by atoms with E-state index in [1.807, 2.05) is 0 Å². The molecule has 0 amide bonds. The molecule has 2 nitrogen and oxygen atoms in total. The normalized spacial score (nSPS) is 20.6. The Kier molecular flexibility index (Phi) is 4.21. The average Bonchev–Trinajstić information content (AvgIpc) is 2.67. The van der Waals surface area contributed by atoms with Crippen LogP contribution in [0.4, 0.5) is 0 Å². The molecule has 1 fully saturated rings. The van der Waals surface area contributed by atoms with Crippen LogP contribution in [-0.4, -0.2) is 17.6 Å². The van der Waals surface area contributed by atoms with E-state index in [9.17, 15) is 0 Å². The van der Waals surface area contributed by atoms with Crippen molar-refractivity contribution < 1.29 is 0 Å². The fraction of sp³-hybridized carbons (Fsp3) is 0.786. The monoisotopic (exact) mass is 252 g/mol. The van der Waals surface area contributed by atoms with Gasteiger partial charge in [0.05, 0.1) is 5.01 Å². The van der Waals surface area contributed by atoms with Crippen molar-refractivity contribution in [1.29, 1.82) is 0 Å². The predicted molar refractivity (Wildman–Crippen MR) is 74.6 cm³/mol. The Morgan fingerprint density at radius 2 is 2.12 bits per heavy atom. The van der Waals surface area contributed by atoms with Crippen molar-refractivity contribution in [1.82, 2.24) is 10.3 Å². The maximum Gasteiger partial charge on any atom is 0.0940 e. The van der Waals surface area contributed by atoms with Gasteiger partial charge in [-0.25, -0.2) is 4.98 Å². The minimum atomic E-state index is 0.574. The highest BCUT2D eigenvalue weighted by atomic mass is 32.1. The van der Waals surface area contributed by atoms with Gasteiger partial charge >= 0.3 is 0 Å². The molecule has 96 valence electrons. The summed E-state index contributed by atoms with van der Waals surface area (Å²) in [5.74, 6) is 0. The van der Waals surface area contributed by atoms with E-state index in [0.717, 1.165) is 24.7 Å². The van der Waals surface area contributed by atoms with Crippen molar-refractivity contribution in [2.24, 2.45) is 5.41 Å². The van der Waals surface area contributed by atoms with Gasteiger partial charge in [-0.2, -0.15) is 0 Å². The predicted octanol–water partition coefficient (Wildman–Crippen LogP) is 3.55. The summed E-state index contributed by atoms with van der Waals surface area (Å²) < 4.78 is 0. The van der Waals surface area contributed by atoms with Crippen molar-refractivity contribution in [3.05, 3.63) is 16.1 Å². The molecule has 1 aliphatic carbocycles. The van der Waals surface area contributed by atoms with Gasteiger partial charge in [-0.15, -0.1) is 11.3 Å². The quantitative estimate of drug-likeness (QED) is 0.886. The van der Waals surface area contributed by atoms with E-state index in [1.165, 1.54) is 30.7 Å². The highest BCUT2D eigenvalue weighted by molar-refractivity contribution is 7.09. The Morgan fingerprint density at radius 3 is 2.71 bits per heavy atom. The number of nitrogens with one attached hydrogen (secondary N) is 1. The Morgan fingerprint density at radius 1 is 1.41 bits per heavy atom. The smallest absolute Gasteiger partial charge is 0.0940 e. The second-order valence-corrected chi connectivity index (χ2v) is 6.97. The van der Waals surface area contributed by atoms with Gasteiger partial charge in [0.15, 0.2) is 0 Å². The molecular weight excluding hydrogens is 228 g/mol. The fourth-order valence-electron chi connectivity index (χ4n) is 2.50. The van der Waals surface area contributed by atoms with Crippen LogP contribution in [0.1, 0.15) is 50.2 Å². The molecule has 0 radical (unpaired) electrons. The number of hydrogen-bond donors (Lipinski definition) is 1. The zero-order chi connectivity index (χ0) is 12.3. The van der Waals surface area contributed by atoms with Crippen LogP contribution < -0.4 is 5.32 Å². The van der Waals surface area contributed by atoms with Gasteiger partial charge in [-0.1, -0.05) is 13.8 Å². The van der Waals surface area contributed by atoms with E-state index in [4.69, 9.17) is 0 Å². The number of rotatable bonds is 4. The molecule has 0 spiro atoms. The highest BCUT2D eigenvalue weighted by Crippen LogP contribution is 2.34. The number of nitrogens with zero attached hydrogens (tertiary/aromatic N) is 1. The summed E-state index contributed by atoms with van der Waals surface area (Å²) in [4.78, 5) is 4.49. The Bertz CT molecular complexity index is 347. The zero-order valence-corrected chi connectivity index (χ0v) is 12.1. The fourth-order valence-corrected chi connectivity index (χ4v) is 3.28. The van der Waals surface area contributed by atoms with Crippen LogP contribution in [-0.2, 0) is 6.42 Å². The lowest BCUT2D eigenvalue weighted by Gasteiger charge is -2.34. The summed E-state index contributed by atoms with van der Waals surface area (Å²) in [6, 6.07) is 0.740. The lowest BCUT2D eigenvalue weighted by atomic mass is 9.75. The van der Waals surface area contributed by atoms with Crippen molar-refractivity contribution in [3.63, 3.8) is 0 Å². The Hall–Kier alpha value is -0.410. The standard InChI is InChI=1S/C14H24N2S/c1-11-10-17-13(16-11)6-9-15-12-4-7-14(2,3)8-5-12/h10,12,15H,4-9H2,1-3H3. The molecule has 1 N–H and O–H groups in total. The van der Waals surface area contributed by atoms with E-state index < -0.39 is 0 Å². The second-order valence-electron chi connectivity index (χ2n) is 6.03. The van der Waals surface area contributed by atoms with Crippen LogP contribution >= 0.6 is 11.3 Å². The molecule has 1 heterocycles. The van der Waals surface area contributed by atoms with Gasteiger partial charge < -0.3 is 5.32 Å². The first-order valence-electron chi connectivity index (χ1n) is 6.70.